The Labute approximate surface area is 136 Å². The molecular weight excluding hydrogens is 384 g/mol. The predicted octanol–water partition coefficient (Wildman–Crippen LogP) is 3.85. The van der Waals surface area contributed by atoms with E-state index in [1.807, 2.05) is 10.9 Å². The molecule has 0 saturated carbocycles. The minimum absolute atomic E-state index is 0.119. The third kappa shape index (κ3) is 2.98. The van der Waals surface area contributed by atoms with Crippen LogP contribution in [0, 0.1) is 6.92 Å². The average molecular weight is 402 g/mol. The first kappa shape index (κ1) is 15.7. The topological polar surface area (TPSA) is 55.9 Å². The Balaban J connectivity index is 2.52. The minimum Gasteiger partial charge on any atom is -0.271 e. The lowest BCUT2D eigenvalue weighted by atomic mass is 10.0. The van der Waals surface area contributed by atoms with Crippen molar-refractivity contribution in [1.29, 1.82) is 0 Å². The van der Waals surface area contributed by atoms with Crippen LogP contribution in [0.1, 0.15) is 42.8 Å². The van der Waals surface area contributed by atoms with Crippen molar-refractivity contribution in [1.82, 2.24) is 15.2 Å². The van der Waals surface area contributed by atoms with Crippen LogP contribution >= 0.6 is 31.9 Å². The summed E-state index contributed by atoms with van der Waals surface area (Å²) in [6.07, 6.45) is 1.81. The van der Waals surface area contributed by atoms with Crippen LogP contribution in [0.2, 0.25) is 0 Å². The second-order valence-electron chi connectivity index (χ2n) is 5.02. The van der Waals surface area contributed by atoms with Crippen molar-refractivity contribution in [2.75, 3.05) is 0 Å². The summed E-state index contributed by atoms with van der Waals surface area (Å²) in [5, 5.41) is 4.41. The summed E-state index contributed by atoms with van der Waals surface area (Å²) in [4.78, 5) is 0. The Morgan fingerprint density at radius 2 is 1.95 bits per heavy atom. The van der Waals surface area contributed by atoms with Gasteiger partial charge in [-0.05, 0) is 53.9 Å². The van der Waals surface area contributed by atoms with Gasteiger partial charge in [0.05, 0.1) is 22.4 Å². The fraction of sp³-hybridized carbons (Fsp3) is 0.357. The maximum Gasteiger partial charge on any atom is 0.0890 e. The van der Waals surface area contributed by atoms with Gasteiger partial charge in [-0.25, -0.2) is 5.43 Å². The largest absolute Gasteiger partial charge is 0.271 e. The van der Waals surface area contributed by atoms with Crippen molar-refractivity contribution in [2.24, 2.45) is 5.84 Å². The first-order valence-electron chi connectivity index (χ1n) is 6.40. The van der Waals surface area contributed by atoms with Crippen LogP contribution in [0.3, 0.4) is 0 Å². The summed E-state index contributed by atoms with van der Waals surface area (Å²) in [6.45, 7) is 6.26. The number of benzene rings is 1. The van der Waals surface area contributed by atoms with Gasteiger partial charge >= 0.3 is 0 Å². The van der Waals surface area contributed by atoms with Gasteiger partial charge in [-0.3, -0.25) is 10.5 Å². The molecule has 3 N–H and O–H groups in total. The highest BCUT2D eigenvalue weighted by atomic mass is 79.9. The zero-order valence-corrected chi connectivity index (χ0v) is 14.9. The monoisotopic (exact) mass is 400 g/mol. The Bertz CT molecular complexity index is 607. The van der Waals surface area contributed by atoms with Gasteiger partial charge in [0.1, 0.15) is 0 Å². The minimum atomic E-state index is -0.119. The Morgan fingerprint density at radius 1 is 1.25 bits per heavy atom. The molecule has 4 nitrogen and oxygen atoms in total. The fourth-order valence-corrected chi connectivity index (χ4v) is 3.05. The summed E-state index contributed by atoms with van der Waals surface area (Å²) in [6, 6.07) is 6.39. The summed E-state index contributed by atoms with van der Waals surface area (Å²) < 4.78 is 4.00. The number of aromatic nitrogens is 2. The Kier molecular flexibility index (Phi) is 5.01. The van der Waals surface area contributed by atoms with Gasteiger partial charge in [-0.15, -0.1) is 0 Å². The molecule has 2 aromatic rings. The summed E-state index contributed by atoms with van der Waals surface area (Å²) in [7, 11) is 0. The van der Waals surface area contributed by atoms with Gasteiger partial charge in [0.15, 0.2) is 0 Å². The number of nitrogens with one attached hydrogen (secondary N) is 1. The molecule has 0 fully saturated rings. The molecule has 2 rings (SSSR count). The molecule has 0 aliphatic heterocycles. The first-order valence-corrected chi connectivity index (χ1v) is 7.99. The second kappa shape index (κ2) is 6.39. The highest BCUT2D eigenvalue weighted by Gasteiger charge is 2.22. The van der Waals surface area contributed by atoms with Crippen LogP contribution in [0.15, 0.2) is 33.3 Å². The fourth-order valence-electron chi connectivity index (χ4n) is 2.15. The lowest BCUT2D eigenvalue weighted by Crippen LogP contribution is -2.31. The molecule has 1 aromatic carbocycles. The van der Waals surface area contributed by atoms with Crippen LogP contribution in [-0.4, -0.2) is 9.78 Å². The van der Waals surface area contributed by atoms with Crippen LogP contribution < -0.4 is 11.3 Å². The highest BCUT2D eigenvalue weighted by molar-refractivity contribution is 9.10. The van der Waals surface area contributed by atoms with Crippen molar-refractivity contribution >= 4 is 31.9 Å². The molecular formula is C14H18Br2N4. The van der Waals surface area contributed by atoms with Gasteiger partial charge < -0.3 is 0 Å². The predicted molar refractivity (Wildman–Crippen MR) is 88.4 cm³/mol. The second-order valence-corrected chi connectivity index (χ2v) is 6.73. The Hall–Kier alpha value is -0.690. The van der Waals surface area contributed by atoms with Crippen molar-refractivity contribution in [3.63, 3.8) is 0 Å². The van der Waals surface area contributed by atoms with Crippen LogP contribution in [-0.2, 0) is 0 Å². The standard InChI is InChI=1S/C14H18Br2N4/c1-8(2)20-14(12(16)7-18-20)13(19-17)10-5-4-9(3)11(15)6-10/h4-8,13,19H,17H2,1-3H3. The Morgan fingerprint density at radius 3 is 2.50 bits per heavy atom. The molecule has 0 bridgehead atoms. The molecule has 20 heavy (non-hydrogen) atoms. The molecule has 0 radical (unpaired) electrons. The van der Waals surface area contributed by atoms with E-state index < -0.39 is 0 Å². The van der Waals surface area contributed by atoms with E-state index in [1.54, 1.807) is 0 Å². The molecule has 1 unspecified atom stereocenters. The SMILES string of the molecule is Cc1ccc(C(NN)c2c(Br)cnn2C(C)C)cc1Br. The highest BCUT2D eigenvalue weighted by Crippen LogP contribution is 2.31. The zero-order chi connectivity index (χ0) is 14.9. The smallest absolute Gasteiger partial charge is 0.0890 e. The molecule has 0 saturated heterocycles. The quantitative estimate of drug-likeness (QED) is 0.604. The van der Waals surface area contributed by atoms with Gasteiger partial charge in [-0.2, -0.15) is 5.10 Å². The molecule has 6 heteroatoms. The number of hydrogen-bond acceptors (Lipinski definition) is 3. The molecule has 1 atom stereocenters. The molecule has 108 valence electrons. The summed E-state index contributed by atoms with van der Waals surface area (Å²) in [5.41, 5.74) is 6.20. The molecule has 0 amide bonds. The number of halogens is 2. The summed E-state index contributed by atoms with van der Waals surface area (Å²) in [5.74, 6) is 5.79. The molecule has 1 heterocycles. The van der Waals surface area contributed by atoms with E-state index in [0.717, 1.165) is 20.2 Å². The summed E-state index contributed by atoms with van der Waals surface area (Å²) >= 11 is 7.14. The normalized spacial score (nSPS) is 12.9. The van der Waals surface area contributed by atoms with Crippen molar-refractivity contribution < 1.29 is 0 Å². The zero-order valence-electron chi connectivity index (χ0n) is 11.7. The molecule has 0 spiro atoms. The molecule has 0 aliphatic carbocycles. The third-order valence-electron chi connectivity index (χ3n) is 3.25. The van der Waals surface area contributed by atoms with E-state index in [4.69, 9.17) is 5.84 Å². The average Bonchev–Trinajstić information content (AvgIpc) is 2.77. The number of nitrogens with two attached hydrogens (primary N) is 1. The van der Waals surface area contributed by atoms with E-state index >= 15 is 0 Å². The number of nitrogens with zero attached hydrogens (tertiary/aromatic N) is 2. The third-order valence-corrected chi connectivity index (χ3v) is 4.71. The number of hydrazine groups is 1. The molecule has 0 aliphatic rings. The van der Waals surface area contributed by atoms with E-state index in [2.05, 4.69) is 81.4 Å². The maximum absolute atomic E-state index is 5.79. The van der Waals surface area contributed by atoms with Gasteiger partial charge in [-0.1, -0.05) is 28.1 Å². The van der Waals surface area contributed by atoms with Gasteiger partial charge in [0, 0.05) is 10.5 Å². The van der Waals surface area contributed by atoms with E-state index in [0.29, 0.717) is 0 Å². The lowest BCUT2D eigenvalue weighted by molar-refractivity contribution is 0.475. The number of rotatable bonds is 4. The first-order chi connectivity index (χ1) is 9.45. The van der Waals surface area contributed by atoms with Gasteiger partial charge in [0.25, 0.3) is 0 Å². The number of aryl methyl sites for hydroxylation is 1. The molecule has 1 aromatic heterocycles. The number of hydrogen-bond donors (Lipinski definition) is 2. The van der Waals surface area contributed by atoms with E-state index in [-0.39, 0.29) is 12.1 Å². The van der Waals surface area contributed by atoms with Gasteiger partial charge in [0.2, 0.25) is 0 Å². The van der Waals surface area contributed by atoms with Crippen LogP contribution in [0.4, 0.5) is 0 Å². The lowest BCUT2D eigenvalue weighted by Gasteiger charge is -2.21. The van der Waals surface area contributed by atoms with E-state index in [9.17, 15) is 0 Å². The van der Waals surface area contributed by atoms with Crippen molar-refractivity contribution in [2.45, 2.75) is 32.9 Å². The van der Waals surface area contributed by atoms with Crippen molar-refractivity contribution in [3.8, 4) is 0 Å². The van der Waals surface area contributed by atoms with Crippen LogP contribution in [0.25, 0.3) is 0 Å². The van der Waals surface area contributed by atoms with Crippen molar-refractivity contribution in [3.05, 3.63) is 50.2 Å². The van der Waals surface area contributed by atoms with Crippen LogP contribution in [0.5, 0.6) is 0 Å². The van der Waals surface area contributed by atoms with E-state index in [1.165, 1.54) is 5.56 Å². The maximum atomic E-state index is 5.79.